The molecule has 0 saturated heterocycles. The molecule has 0 bridgehead atoms. The van der Waals surface area contributed by atoms with Gasteiger partial charge in [-0.05, 0) is 29.7 Å². The molecule has 2 nitrogen and oxygen atoms in total. The molecule has 0 spiro atoms. The van der Waals surface area contributed by atoms with Gasteiger partial charge in [-0.3, -0.25) is 4.79 Å². The minimum Gasteiger partial charge on any atom is -0.329 e. The Labute approximate surface area is 113 Å². The van der Waals surface area contributed by atoms with E-state index in [-0.39, 0.29) is 11.2 Å². The fourth-order valence-corrected chi connectivity index (χ4v) is 3.21. The number of rotatable bonds is 3. The van der Waals surface area contributed by atoms with Crippen LogP contribution in [0.3, 0.4) is 0 Å². The minimum atomic E-state index is -0.303. The van der Waals surface area contributed by atoms with Crippen LogP contribution >= 0.6 is 0 Å². The number of hydrogen-bond donors (Lipinski definition) is 1. The zero-order chi connectivity index (χ0) is 13.3. The summed E-state index contributed by atoms with van der Waals surface area (Å²) in [5.41, 5.74) is 6.41. The van der Waals surface area contributed by atoms with Crippen LogP contribution < -0.4 is 5.73 Å². The van der Waals surface area contributed by atoms with Crippen molar-refractivity contribution >= 4 is 16.6 Å². The largest absolute Gasteiger partial charge is 0.329 e. The number of Topliss-reactive ketones (excluding diaryl/α,β-unsaturated/α-hetero) is 1. The third-order valence-corrected chi connectivity index (χ3v) is 4.44. The van der Waals surface area contributed by atoms with Crippen LogP contribution in [0.15, 0.2) is 42.5 Å². The molecule has 0 atom stereocenters. The summed E-state index contributed by atoms with van der Waals surface area (Å²) in [5.74, 6) is 0.234. The number of nitrogens with two attached hydrogens (primary N) is 1. The summed E-state index contributed by atoms with van der Waals surface area (Å²) in [6.45, 7) is 0.471. The van der Waals surface area contributed by atoms with Crippen molar-refractivity contribution in [2.24, 2.45) is 11.1 Å². The Morgan fingerprint density at radius 3 is 2.42 bits per heavy atom. The Morgan fingerprint density at radius 2 is 1.74 bits per heavy atom. The molecular weight excluding hydrogens is 234 g/mol. The molecule has 0 aliphatic heterocycles. The van der Waals surface area contributed by atoms with Crippen molar-refractivity contribution in [1.29, 1.82) is 0 Å². The summed E-state index contributed by atoms with van der Waals surface area (Å²) >= 11 is 0. The number of hydrogen-bond acceptors (Lipinski definition) is 2. The highest BCUT2D eigenvalue weighted by Gasteiger charge is 2.39. The van der Waals surface area contributed by atoms with E-state index < -0.39 is 0 Å². The maximum absolute atomic E-state index is 12.8. The van der Waals surface area contributed by atoms with Crippen LogP contribution in [-0.2, 0) is 0 Å². The van der Waals surface area contributed by atoms with E-state index in [1.54, 1.807) is 0 Å². The Morgan fingerprint density at radius 1 is 1.05 bits per heavy atom. The van der Waals surface area contributed by atoms with Crippen molar-refractivity contribution in [3.63, 3.8) is 0 Å². The molecule has 1 aliphatic carbocycles. The van der Waals surface area contributed by atoms with Crippen LogP contribution in [0, 0.1) is 5.41 Å². The van der Waals surface area contributed by atoms with E-state index in [1.165, 1.54) is 5.39 Å². The average Bonchev–Trinajstić information content (AvgIpc) is 2.96. The Balaban J connectivity index is 2.01. The van der Waals surface area contributed by atoms with Gasteiger partial charge in [0.2, 0.25) is 0 Å². The molecule has 0 amide bonds. The molecule has 2 aromatic carbocycles. The van der Waals surface area contributed by atoms with Gasteiger partial charge in [-0.2, -0.15) is 0 Å². The van der Waals surface area contributed by atoms with E-state index in [0.717, 1.165) is 36.6 Å². The quantitative estimate of drug-likeness (QED) is 0.850. The fraction of sp³-hybridized carbons (Fsp3) is 0.353. The lowest BCUT2D eigenvalue weighted by molar-refractivity contribution is 0.0810. The lowest BCUT2D eigenvalue weighted by Crippen LogP contribution is -2.36. The molecule has 0 radical (unpaired) electrons. The molecule has 1 fully saturated rings. The number of carbonyl (C=O) groups excluding carboxylic acids is 1. The van der Waals surface area contributed by atoms with Gasteiger partial charge in [0.15, 0.2) is 5.78 Å². The molecule has 2 aromatic rings. The van der Waals surface area contributed by atoms with Crippen LogP contribution in [0.25, 0.3) is 10.8 Å². The van der Waals surface area contributed by atoms with Gasteiger partial charge < -0.3 is 5.73 Å². The number of benzene rings is 2. The van der Waals surface area contributed by atoms with Crippen molar-refractivity contribution < 1.29 is 4.79 Å². The summed E-state index contributed by atoms with van der Waals surface area (Å²) < 4.78 is 0. The fourth-order valence-electron chi connectivity index (χ4n) is 3.21. The first-order valence-corrected chi connectivity index (χ1v) is 6.99. The highest BCUT2D eigenvalue weighted by Crippen LogP contribution is 2.40. The van der Waals surface area contributed by atoms with Crippen LogP contribution in [0.2, 0.25) is 0 Å². The molecule has 0 heterocycles. The summed E-state index contributed by atoms with van der Waals surface area (Å²) in [6, 6.07) is 14.1. The van der Waals surface area contributed by atoms with Gasteiger partial charge in [0.1, 0.15) is 0 Å². The number of ketones is 1. The molecule has 19 heavy (non-hydrogen) atoms. The second kappa shape index (κ2) is 4.78. The first kappa shape index (κ1) is 12.4. The second-order valence-corrected chi connectivity index (χ2v) is 5.58. The zero-order valence-corrected chi connectivity index (χ0v) is 11.1. The molecule has 3 rings (SSSR count). The maximum Gasteiger partial charge on any atom is 0.170 e. The standard InChI is InChI=1S/C17H19NO/c18-12-17(9-3-4-10-17)16(19)15-8-7-13-5-1-2-6-14(13)11-15/h1-2,5-8,11H,3-4,9-10,12,18H2. The number of fused-ring (bicyclic) bond motifs is 1. The van der Waals surface area contributed by atoms with Gasteiger partial charge in [-0.25, -0.2) is 0 Å². The first-order chi connectivity index (χ1) is 9.25. The Hall–Kier alpha value is -1.67. The minimum absolute atomic E-state index is 0.234. The third-order valence-electron chi connectivity index (χ3n) is 4.44. The van der Waals surface area contributed by atoms with Crippen molar-refractivity contribution in [2.45, 2.75) is 25.7 Å². The second-order valence-electron chi connectivity index (χ2n) is 5.58. The molecule has 2 heteroatoms. The average molecular weight is 253 g/mol. The van der Waals surface area contributed by atoms with Crippen LogP contribution in [-0.4, -0.2) is 12.3 Å². The molecule has 98 valence electrons. The number of carbonyl (C=O) groups is 1. The SMILES string of the molecule is NCC1(C(=O)c2ccc3ccccc3c2)CCCC1. The Kier molecular flexibility index (Phi) is 3.11. The monoisotopic (exact) mass is 253 g/mol. The van der Waals surface area contributed by atoms with Crippen molar-refractivity contribution in [2.75, 3.05) is 6.54 Å². The predicted molar refractivity (Wildman–Crippen MR) is 78.2 cm³/mol. The smallest absolute Gasteiger partial charge is 0.170 e. The van der Waals surface area contributed by atoms with E-state index >= 15 is 0 Å². The molecule has 0 unspecified atom stereocenters. The summed E-state index contributed by atoms with van der Waals surface area (Å²) in [5, 5.41) is 2.30. The molecule has 0 aromatic heterocycles. The summed E-state index contributed by atoms with van der Waals surface area (Å²) in [7, 11) is 0. The van der Waals surface area contributed by atoms with Crippen molar-refractivity contribution in [1.82, 2.24) is 0 Å². The van der Waals surface area contributed by atoms with Gasteiger partial charge >= 0.3 is 0 Å². The summed E-state index contributed by atoms with van der Waals surface area (Å²) in [4.78, 5) is 12.8. The van der Waals surface area contributed by atoms with E-state index in [2.05, 4.69) is 12.1 Å². The Bertz CT molecular complexity index is 611. The van der Waals surface area contributed by atoms with Gasteiger partial charge in [0, 0.05) is 17.5 Å². The van der Waals surface area contributed by atoms with Crippen LogP contribution in [0.4, 0.5) is 0 Å². The van der Waals surface area contributed by atoms with E-state index in [9.17, 15) is 4.79 Å². The highest BCUT2D eigenvalue weighted by atomic mass is 16.1. The van der Waals surface area contributed by atoms with Crippen molar-refractivity contribution in [3.05, 3.63) is 48.0 Å². The van der Waals surface area contributed by atoms with Gasteiger partial charge in [0.05, 0.1) is 0 Å². The summed E-state index contributed by atoms with van der Waals surface area (Å²) in [6.07, 6.45) is 4.12. The lowest BCUT2D eigenvalue weighted by atomic mass is 9.78. The zero-order valence-electron chi connectivity index (χ0n) is 11.1. The highest BCUT2D eigenvalue weighted by molar-refractivity contribution is 6.03. The molecule has 1 aliphatic rings. The predicted octanol–water partition coefficient (Wildman–Crippen LogP) is 3.54. The van der Waals surface area contributed by atoms with Crippen LogP contribution in [0.5, 0.6) is 0 Å². The maximum atomic E-state index is 12.8. The molecular formula is C17H19NO. The third kappa shape index (κ3) is 2.06. The molecule has 2 N–H and O–H groups in total. The lowest BCUT2D eigenvalue weighted by Gasteiger charge is -2.25. The normalized spacial score (nSPS) is 17.7. The first-order valence-electron chi connectivity index (χ1n) is 6.99. The topological polar surface area (TPSA) is 43.1 Å². The van der Waals surface area contributed by atoms with Gasteiger partial charge in [0.25, 0.3) is 0 Å². The van der Waals surface area contributed by atoms with Gasteiger partial charge in [-0.15, -0.1) is 0 Å². The van der Waals surface area contributed by atoms with Gasteiger partial charge in [-0.1, -0.05) is 49.2 Å². The van der Waals surface area contributed by atoms with Crippen LogP contribution in [0.1, 0.15) is 36.0 Å². The van der Waals surface area contributed by atoms with Crippen molar-refractivity contribution in [3.8, 4) is 0 Å². The van der Waals surface area contributed by atoms with E-state index in [4.69, 9.17) is 5.73 Å². The van der Waals surface area contributed by atoms with E-state index in [0.29, 0.717) is 6.54 Å². The van der Waals surface area contributed by atoms with E-state index in [1.807, 2.05) is 30.3 Å². The molecule has 1 saturated carbocycles.